The van der Waals surface area contributed by atoms with Crippen molar-refractivity contribution in [3.8, 4) is 0 Å². The van der Waals surface area contributed by atoms with Crippen LogP contribution < -0.4 is 10.2 Å². The molecule has 1 N–H and O–H groups in total. The predicted octanol–water partition coefficient (Wildman–Crippen LogP) is 2.54. The van der Waals surface area contributed by atoms with Crippen LogP contribution in [0.25, 0.3) is 0 Å². The van der Waals surface area contributed by atoms with Crippen molar-refractivity contribution >= 4 is 5.95 Å². The summed E-state index contributed by atoms with van der Waals surface area (Å²) in [6.07, 6.45) is 8.79. The van der Waals surface area contributed by atoms with E-state index in [1.54, 1.807) is 0 Å². The number of hydrogen-bond donors (Lipinski definition) is 1. The molecule has 0 spiro atoms. The molecule has 0 aromatic carbocycles. The van der Waals surface area contributed by atoms with Gasteiger partial charge in [-0.1, -0.05) is 26.2 Å². The van der Waals surface area contributed by atoms with Crippen LogP contribution in [0, 0.1) is 5.92 Å². The van der Waals surface area contributed by atoms with E-state index in [4.69, 9.17) is 0 Å². The Morgan fingerprint density at radius 3 is 2.84 bits per heavy atom. The zero-order valence-electron chi connectivity index (χ0n) is 12.8. The van der Waals surface area contributed by atoms with Gasteiger partial charge in [-0.3, -0.25) is 0 Å². The Bertz CT molecular complexity index is 397. The van der Waals surface area contributed by atoms with Crippen molar-refractivity contribution in [2.24, 2.45) is 13.0 Å². The molecular weight excluding hydrogens is 236 g/mol. The van der Waals surface area contributed by atoms with Crippen LogP contribution in [0.2, 0.25) is 0 Å². The van der Waals surface area contributed by atoms with E-state index >= 15 is 0 Å². The summed E-state index contributed by atoms with van der Waals surface area (Å²) in [6.45, 7) is 3.25. The Kier molecular flexibility index (Phi) is 4.86. The maximum atomic E-state index is 4.46. The van der Waals surface area contributed by atoms with Crippen LogP contribution in [-0.4, -0.2) is 29.7 Å². The first-order valence-electron chi connectivity index (χ1n) is 7.53. The first kappa shape index (κ1) is 14.4. The molecule has 19 heavy (non-hydrogen) atoms. The standard InChI is InChI=1S/C15H28N4/c1-5-12-7-6-8-13(9-12)16-10-14-11-17-15(18(2)3)19(14)4/h11-13,16H,5-10H2,1-4H3. The van der Waals surface area contributed by atoms with Crippen molar-refractivity contribution in [1.82, 2.24) is 14.9 Å². The van der Waals surface area contributed by atoms with Gasteiger partial charge >= 0.3 is 0 Å². The Balaban J connectivity index is 1.88. The Labute approximate surface area is 117 Å². The fraction of sp³-hybridized carbons (Fsp3) is 0.800. The molecule has 0 bridgehead atoms. The fourth-order valence-electron chi connectivity index (χ4n) is 3.11. The SMILES string of the molecule is CCC1CCCC(NCc2cnc(N(C)C)n2C)C1. The molecule has 1 aliphatic carbocycles. The van der Waals surface area contributed by atoms with Crippen LogP contribution in [0.15, 0.2) is 6.20 Å². The van der Waals surface area contributed by atoms with Gasteiger partial charge in [0.05, 0.1) is 11.9 Å². The highest BCUT2D eigenvalue weighted by atomic mass is 15.3. The molecule has 1 aromatic rings. The highest BCUT2D eigenvalue weighted by Crippen LogP contribution is 2.26. The summed E-state index contributed by atoms with van der Waals surface area (Å²) in [7, 11) is 6.16. The van der Waals surface area contributed by atoms with Gasteiger partial charge in [0.1, 0.15) is 0 Å². The number of imidazole rings is 1. The summed E-state index contributed by atoms with van der Waals surface area (Å²) in [5.74, 6) is 1.95. The topological polar surface area (TPSA) is 33.1 Å². The van der Waals surface area contributed by atoms with Crippen molar-refractivity contribution in [1.29, 1.82) is 0 Å². The number of aromatic nitrogens is 2. The largest absolute Gasteiger partial charge is 0.348 e. The third-order valence-corrected chi connectivity index (χ3v) is 4.39. The summed E-state index contributed by atoms with van der Waals surface area (Å²) in [5, 5.41) is 3.72. The minimum absolute atomic E-state index is 0.691. The number of anilines is 1. The van der Waals surface area contributed by atoms with Gasteiger partial charge in [0, 0.05) is 33.7 Å². The minimum Gasteiger partial charge on any atom is -0.348 e. The molecule has 108 valence electrons. The molecule has 2 rings (SSSR count). The molecule has 4 nitrogen and oxygen atoms in total. The second kappa shape index (κ2) is 6.42. The van der Waals surface area contributed by atoms with Crippen molar-refractivity contribution in [3.63, 3.8) is 0 Å². The van der Waals surface area contributed by atoms with Crippen LogP contribution in [0.5, 0.6) is 0 Å². The van der Waals surface area contributed by atoms with E-state index in [-0.39, 0.29) is 0 Å². The van der Waals surface area contributed by atoms with Crippen molar-refractivity contribution in [2.75, 3.05) is 19.0 Å². The summed E-state index contributed by atoms with van der Waals surface area (Å²) >= 11 is 0. The average Bonchev–Trinajstić information content (AvgIpc) is 2.78. The maximum Gasteiger partial charge on any atom is 0.204 e. The first-order chi connectivity index (χ1) is 9.11. The average molecular weight is 264 g/mol. The second-order valence-electron chi connectivity index (χ2n) is 6.02. The van der Waals surface area contributed by atoms with Crippen molar-refractivity contribution in [3.05, 3.63) is 11.9 Å². The molecule has 1 heterocycles. The molecule has 0 aliphatic heterocycles. The molecular formula is C15H28N4. The molecule has 0 amide bonds. The van der Waals surface area contributed by atoms with Gasteiger partial charge in [-0.25, -0.2) is 4.98 Å². The molecule has 2 unspecified atom stereocenters. The van der Waals surface area contributed by atoms with Gasteiger partial charge in [-0.2, -0.15) is 0 Å². The molecule has 0 saturated heterocycles. The summed E-state index contributed by atoms with van der Waals surface area (Å²) < 4.78 is 2.17. The quantitative estimate of drug-likeness (QED) is 0.887. The molecule has 1 fully saturated rings. The number of rotatable bonds is 5. The number of nitrogens with one attached hydrogen (secondary N) is 1. The monoisotopic (exact) mass is 264 g/mol. The smallest absolute Gasteiger partial charge is 0.204 e. The molecule has 4 heteroatoms. The van der Waals surface area contributed by atoms with E-state index < -0.39 is 0 Å². The molecule has 2 atom stereocenters. The van der Waals surface area contributed by atoms with Gasteiger partial charge in [0.15, 0.2) is 0 Å². The Morgan fingerprint density at radius 1 is 1.42 bits per heavy atom. The van der Waals surface area contributed by atoms with Gasteiger partial charge in [-0.05, 0) is 18.8 Å². The first-order valence-corrected chi connectivity index (χ1v) is 7.53. The normalized spacial score (nSPS) is 23.6. The molecule has 1 saturated carbocycles. The van der Waals surface area contributed by atoms with Crippen LogP contribution in [-0.2, 0) is 13.6 Å². The van der Waals surface area contributed by atoms with E-state index in [1.165, 1.54) is 37.8 Å². The van der Waals surface area contributed by atoms with E-state index in [1.807, 2.05) is 20.3 Å². The minimum atomic E-state index is 0.691. The summed E-state index contributed by atoms with van der Waals surface area (Å²) in [4.78, 5) is 6.51. The molecule has 1 aromatic heterocycles. The molecule has 1 aliphatic rings. The lowest BCUT2D eigenvalue weighted by Gasteiger charge is -2.29. The van der Waals surface area contributed by atoms with E-state index in [0.29, 0.717) is 6.04 Å². The van der Waals surface area contributed by atoms with Gasteiger partial charge in [0.2, 0.25) is 5.95 Å². The van der Waals surface area contributed by atoms with Crippen LogP contribution in [0.1, 0.15) is 44.7 Å². The maximum absolute atomic E-state index is 4.46. The lowest BCUT2D eigenvalue weighted by atomic mass is 9.84. The van der Waals surface area contributed by atoms with E-state index in [9.17, 15) is 0 Å². The summed E-state index contributed by atoms with van der Waals surface area (Å²) in [5.41, 5.74) is 1.27. The van der Waals surface area contributed by atoms with Gasteiger partial charge in [-0.15, -0.1) is 0 Å². The molecule has 0 radical (unpaired) electrons. The second-order valence-corrected chi connectivity index (χ2v) is 6.02. The third kappa shape index (κ3) is 3.50. The Morgan fingerprint density at radius 2 is 2.21 bits per heavy atom. The van der Waals surface area contributed by atoms with Gasteiger partial charge < -0.3 is 14.8 Å². The van der Waals surface area contributed by atoms with Crippen molar-refractivity contribution < 1.29 is 0 Å². The van der Waals surface area contributed by atoms with E-state index in [0.717, 1.165) is 18.4 Å². The van der Waals surface area contributed by atoms with Crippen LogP contribution in [0.3, 0.4) is 0 Å². The highest BCUT2D eigenvalue weighted by Gasteiger charge is 2.20. The summed E-state index contributed by atoms with van der Waals surface area (Å²) in [6, 6.07) is 0.691. The van der Waals surface area contributed by atoms with Crippen LogP contribution in [0.4, 0.5) is 5.95 Å². The van der Waals surface area contributed by atoms with Crippen LogP contribution >= 0.6 is 0 Å². The number of nitrogens with zero attached hydrogens (tertiary/aromatic N) is 3. The Hall–Kier alpha value is -1.03. The zero-order chi connectivity index (χ0) is 13.8. The zero-order valence-corrected chi connectivity index (χ0v) is 12.8. The number of hydrogen-bond acceptors (Lipinski definition) is 3. The predicted molar refractivity (Wildman–Crippen MR) is 80.4 cm³/mol. The lowest BCUT2D eigenvalue weighted by Crippen LogP contribution is -2.34. The lowest BCUT2D eigenvalue weighted by molar-refractivity contribution is 0.277. The van der Waals surface area contributed by atoms with Gasteiger partial charge in [0.25, 0.3) is 0 Å². The van der Waals surface area contributed by atoms with Crippen molar-refractivity contribution in [2.45, 2.75) is 51.6 Å². The van der Waals surface area contributed by atoms with E-state index in [2.05, 4.69) is 33.7 Å². The fourth-order valence-corrected chi connectivity index (χ4v) is 3.11. The highest BCUT2D eigenvalue weighted by molar-refractivity contribution is 5.30. The third-order valence-electron chi connectivity index (χ3n) is 4.39.